The van der Waals surface area contributed by atoms with Crippen molar-refractivity contribution in [2.24, 2.45) is 5.92 Å². The summed E-state index contributed by atoms with van der Waals surface area (Å²) in [4.78, 5) is 44.0. The minimum absolute atomic E-state index is 0.0214. The van der Waals surface area contributed by atoms with E-state index in [1.165, 1.54) is 6.92 Å². The van der Waals surface area contributed by atoms with E-state index in [0.717, 1.165) is 11.3 Å². The second-order valence-corrected chi connectivity index (χ2v) is 9.83. The van der Waals surface area contributed by atoms with Gasteiger partial charge in [0.05, 0.1) is 18.1 Å². The fraction of sp³-hybridized carbons (Fsp3) is 0.444. The van der Waals surface area contributed by atoms with Crippen LogP contribution >= 0.6 is 0 Å². The van der Waals surface area contributed by atoms with Crippen molar-refractivity contribution in [2.75, 3.05) is 31.1 Å². The molecule has 0 saturated carbocycles. The number of benzene rings is 2. The highest BCUT2D eigenvalue weighted by Crippen LogP contribution is 2.45. The van der Waals surface area contributed by atoms with Crippen LogP contribution in [0, 0.1) is 5.92 Å². The summed E-state index contributed by atoms with van der Waals surface area (Å²) >= 11 is 0. The highest BCUT2D eigenvalue weighted by atomic mass is 16.2. The molecule has 1 spiro atoms. The normalized spacial score (nSPS) is 22.5. The Morgan fingerprint density at radius 3 is 2.32 bits per heavy atom. The van der Waals surface area contributed by atoms with Gasteiger partial charge in [-0.1, -0.05) is 62.4 Å². The zero-order chi connectivity index (χ0) is 24.3. The maximum atomic E-state index is 13.7. The molecule has 2 heterocycles. The SMILES string of the molecule is CC(=O)NCC(=O)N1CC[C@]2(C[C@@H]1c1ccccc1)CN(CC(C)C)C(=O)N2c1ccccc1. The summed E-state index contributed by atoms with van der Waals surface area (Å²) in [7, 11) is 0. The Morgan fingerprint density at radius 2 is 1.71 bits per heavy atom. The van der Waals surface area contributed by atoms with Crippen molar-refractivity contribution in [3.05, 3.63) is 66.2 Å². The molecule has 34 heavy (non-hydrogen) atoms. The van der Waals surface area contributed by atoms with E-state index in [9.17, 15) is 14.4 Å². The van der Waals surface area contributed by atoms with Crippen LogP contribution in [0.3, 0.4) is 0 Å². The summed E-state index contributed by atoms with van der Waals surface area (Å²) in [6.07, 6.45) is 1.31. The zero-order valence-corrected chi connectivity index (χ0v) is 20.2. The van der Waals surface area contributed by atoms with Crippen molar-refractivity contribution in [1.29, 1.82) is 0 Å². The number of carbonyl (C=O) groups excluding carboxylic acids is 3. The lowest BCUT2D eigenvalue weighted by Gasteiger charge is -2.48. The largest absolute Gasteiger partial charge is 0.347 e. The highest BCUT2D eigenvalue weighted by Gasteiger charge is 2.54. The van der Waals surface area contributed by atoms with E-state index in [4.69, 9.17) is 0 Å². The van der Waals surface area contributed by atoms with E-state index < -0.39 is 5.54 Å². The monoisotopic (exact) mass is 462 g/mol. The number of urea groups is 1. The van der Waals surface area contributed by atoms with Crippen LogP contribution in [-0.4, -0.2) is 59.4 Å². The third-order valence-corrected chi connectivity index (χ3v) is 6.78. The van der Waals surface area contributed by atoms with Gasteiger partial charge in [-0.25, -0.2) is 4.79 Å². The van der Waals surface area contributed by atoms with Crippen molar-refractivity contribution in [1.82, 2.24) is 15.1 Å². The fourth-order valence-electron chi connectivity index (χ4n) is 5.36. The Bertz CT molecular complexity index is 1030. The molecule has 7 nitrogen and oxygen atoms in total. The highest BCUT2D eigenvalue weighted by molar-refractivity contribution is 5.96. The Labute approximate surface area is 201 Å². The van der Waals surface area contributed by atoms with Gasteiger partial charge in [-0.3, -0.25) is 14.5 Å². The number of carbonyl (C=O) groups is 3. The summed E-state index contributed by atoms with van der Waals surface area (Å²) in [5.41, 5.74) is 1.52. The number of anilines is 1. The first kappa shape index (κ1) is 23.8. The molecule has 1 N–H and O–H groups in total. The standard InChI is InChI=1S/C27H34N4O3/c1-20(2)18-29-19-27(31(26(29)34)23-12-8-5-9-13-23)14-15-30(25(33)17-28-21(3)32)24(16-27)22-10-6-4-7-11-22/h4-13,20,24H,14-19H2,1-3H3,(H,28,32)/t24-,27+/m1/s1. The lowest BCUT2D eigenvalue weighted by molar-refractivity contribution is -0.136. The predicted octanol–water partition coefficient (Wildman–Crippen LogP) is 3.82. The molecule has 7 heteroatoms. The maximum Gasteiger partial charge on any atom is 0.325 e. The molecule has 4 rings (SSSR count). The molecule has 2 fully saturated rings. The summed E-state index contributed by atoms with van der Waals surface area (Å²) in [6, 6.07) is 19.7. The molecule has 180 valence electrons. The van der Waals surface area contributed by atoms with E-state index in [-0.39, 0.29) is 30.4 Å². The van der Waals surface area contributed by atoms with Gasteiger partial charge in [0.1, 0.15) is 0 Å². The number of likely N-dealkylation sites (tertiary alicyclic amines) is 1. The van der Waals surface area contributed by atoms with Crippen LogP contribution in [0.2, 0.25) is 0 Å². The van der Waals surface area contributed by atoms with Crippen LogP contribution in [0.25, 0.3) is 0 Å². The van der Waals surface area contributed by atoms with Gasteiger partial charge in [0.15, 0.2) is 0 Å². The van der Waals surface area contributed by atoms with Gasteiger partial charge in [0.25, 0.3) is 0 Å². The first-order valence-corrected chi connectivity index (χ1v) is 12.0. The first-order chi connectivity index (χ1) is 16.3. The quantitative estimate of drug-likeness (QED) is 0.709. The van der Waals surface area contributed by atoms with Crippen LogP contribution in [0.5, 0.6) is 0 Å². The minimum atomic E-state index is -0.418. The summed E-state index contributed by atoms with van der Waals surface area (Å²) < 4.78 is 0. The second-order valence-electron chi connectivity index (χ2n) is 9.83. The van der Waals surface area contributed by atoms with Gasteiger partial charge < -0.3 is 15.1 Å². The molecule has 0 aromatic heterocycles. The van der Waals surface area contributed by atoms with Gasteiger partial charge in [-0.15, -0.1) is 0 Å². The maximum absolute atomic E-state index is 13.7. The molecule has 2 atom stereocenters. The van der Waals surface area contributed by atoms with E-state index in [0.29, 0.717) is 38.4 Å². The van der Waals surface area contributed by atoms with Gasteiger partial charge in [0.2, 0.25) is 11.8 Å². The molecule has 4 amide bonds. The van der Waals surface area contributed by atoms with E-state index in [2.05, 4.69) is 19.2 Å². The lowest BCUT2D eigenvalue weighted by atomic mass is 9.79. The Morgan fingerprint density at radius 1 is 1.06 bits per heavy atom. The topological polar surface area (TPSA) is 73.0 Å². The number of nitrogens with one attached hydrogen (secondary N) is 1. The number of hydrogen-bond donors (Lipinski definition) is 1. The number of para-hydroxylation sites is 1. The number of hydrogen-bond acceptors (Lipinski definition) is 3. The van der Waals surface area contributed by atoms with Gasteiger partial charge in [-0.05, 0) is 36.5 Å². The first-order valence-electron chi connectivity index (χ1n) is 12.0. The van der Waals surface area contributed by atoms with E-state index in [1.807, 2.05) is 75.4 Å². The van der Waals surface area contributed by atoms with Gasteiger partial charge >= 0.3 is 6.03 Å². The summed E-state index contributed by atoms with van der Waals surface area (Å²) in [5, 5.41) is 2.64. The van der Waals surface area contributed by atoms with Gasteiger partial charge in [-0.2, -0.15) is 0 Å². The number of amides is 4. The fourth-order valence-corrected chi connectivity index (χ4v) is 5.36. The molecule has 2 saturated heterocycles. The summed E-state index contributed by atoms with van der Waals surface area (Å²) in [5.74, 6) is 0.0357. The van der Waals surface area contributed by atoms with Crippen LogP contribution in [0.1, 0.15) is 45.2 Å². The molecule has 0 radical (unpaired) electrons. The third-order valence-electron chi connectivity index (χ3n) is 6.78. The molecule has 2 aromatic carbocycles. The Balaban J connectivity index is 1.71. The second kappa shape index (κ2) is 9.87. The average Bonchev–Trinajstić information content (AvgIpc) is 3.08. The van der Waals surface area contributed by atoms with E-state index >= 15 is 0 Å². The molecule has 0 aliphatic carbocycles. The Hall–Kier alpha value is -3.35. The average molecular weight is 463 g/mol. The van der Waals surface area contributed by atoms with Crippen LogP contribution < -0.4 is 10.2 Å². The van der Waals surface area contributed by atoms with Crippen molar-refractivity contribution < 1.29 is 14.4 Å². The predicted molar refractivity (Wildman–Crippen MR) is 132 cm³/mol. The molecule has 2 aliphatic rings. The van der Waals surface area contributed by atoms with Crippen molar-refractivity contribution in [2.45, 2.75) is 45.2 Å². The summed E-state index contributed by atoms with van der Waals surface area (Å²) in [6.45, 7) is 7.50. The van der Waals surface area contributed by atoms with Crippen molar-refractivity contribution >= 4 is 23.5 Å². The number of nitrogens with zero attached hydrogens (tertiary/aromatic N) is 3. The molecule has 0 unspecified atom stereocenters. The van der Waals surface area contributed by atoms with Crippen LogP contribution in [0.15, 0.2) is 60.7 Å². The lowest BCUT2D eigenvalue weighted by Crippen LogP contribution is -2.57. The number of piperidine rings is 1. The molecule has 0 bridgehead atoms. The zero-order valence-electron chi connectivity index (χ0n) is 20.2. The third kappa shape index (κ3) is 4.79. The molecule has 2 aliphatic heterocycles. The molecular formula is C27H34N4O3. The minimum Gasteiger partial charge on any atom is -0.347 e. The smallest absolute Gasteiger partial charge is 0.325 e. The van der Waals surface area contributed by atoms with Crippen LogP contribution in [-0.2, 0) is 9.59 Å². The van der Waals surface area contributed by atoms with E-state index in [1.54, 1.807) is 0 Å². The van der Waals surface area contributed by atoms with Crippen LogP contribution in [0.4, 0.5) is 10.5 Å². The van der Waals surface area contributed by atoms with Crippen molar-refractivity contribution in [3.63, 3.8) is 0 Å². The molecule has 2 aromatic rings. The number of rotatable bonds is 6. The van der Waals surface area contributed by atoms with Gasteiger partial charge in [0, 0.05) is 32.2 Å². The molecular weight excluding hydrogens is 428 g/mol. The van der Waals surface area contributed by atoms with Crippen molar-refractivity contribution in [3.8, 4) is 0 Å². The Kier molecular flexibility index (Phi) is 6.91.